The lowest BCUT2D eigenvalue weighted by atomic mass is 10.1. The van der Waals surface area contributed by atoms with Gasteiger partial charge in [0.25, 0.3) is 5.91 Å². The Kier molecular flexibility index (Phi) is 3.61. The zero-order valence-electron chi connectivity index (χ0n) is 9.72. The second-order valence-corrected chi connectivity index (χ2v) is 5.44. The fourth-order valence-electron chi connectivity index (χ4n) is 1.66. The standard InChI is InChI=1S/C12H11BrF3NO2/c13-9-2-1-7(12(14,15)16)5-8(9)10(19)17-11(6-18)3-4-11/h1-2,5,18H,3-4,6H2,(H,17,19). The summed E-state index contributed by atoms with van der Waals surface area (Å²) in [6.07, 6.45) is -3.23. The van der Waals surface area contributed by atoms with Gasteiger partial charge in [0.15, 0.2) is 0 Å². The third-order valence-electron chi connectivity index (χ3n) is 3.07. The summed E-state index contributed by atoms with van der Waals surface area (Å²) in [5.74, 6) is -0.621. The highest BCUT2D eigenvalue weighted by Gasteiger charge is 2.44. The first-order chi connectivity index (χ1) is 8.77. The molecule has 1 aliphatic carbocycles. The zero-order chi connectivity index (χ0) is 14.3. The number of carbonyl (C=O) groups is 1. The van der Waals surface area contributed by atoms with Gasteiger partial charge in [-0.2, -0.15) is 13.2 Å². The van der Waals surface area contributed by atoms with E-state index < -0.39 is 23.2 Å². The first kappa shape index (κ1) is 14.3. The van der Waals surface area contributed by atoms with Gasteiger partial charge >= 0.3 is 6.18 Å². The molecule has 0 spiro atoms. The van der Waals surface area contributed by atoms with Gasteiger partial charge in [0.05, 0.1) is 23.3 Å². The molecular formula is C12H11BrF3NO2. The highest BCUT2D eigenvalue weighted by atomic mass is 79.9. The van der Waals surface area contributed by atoms with E-state index in [-0.39, 0.29) is 16.6 Å². The maximum atomic E-state index is 12.6. The third-order valence-corrected chi connectivity index (χ3v) is 3.76. The van der Waals surface area contributed by atoms with Gasteiger partial charge in [-0.1, -0.05) is 0 Å². The van der Waals surface area contributed by atoms with E-state index in [0.29, 0.717) is 12.8 Å². The number of hydrogen-bond donors (Lipinski definition) is 2. The van der Waals surface area contributed by atoms with E-state index >= 15 is 0 Å². The summed E-state index contributed by atoms with van der Waals surface area (Å²) >= 11 is 3.06. The Hall–Kier alpha value is -1.08. The molecule has 1 amide bonds. The van der Waals surface area contributed by atoms with Gasteiger partial charge in [-0.25, -0.2) is 0 Å². The van der Waals surface area contributed by atoms with Crippen LogP contribution in [0.25, 0.3) is 0 Å². The molecule has 7 heteroatoms. The van der Waals surface area contributed by atoms with Crippen LogP contribution in [0.4, 0.5) is 13.2 Å². The molecule has 0 bridgehead atoms. The van der Waals surface area contributed by atoms with Crippen LogP contribution in [0.1, 0.15) is 28.8 Å². The highest BCUT2D eigenvalue weighted by molar-refractivity contribution is 9.10. The molecule has 1 aliphatic rings. The van der Waals surface area contributed by atoms with Crippen LogP contribution < -0.4 is 5.32 Å². The van der Waals surface area contributed by atoms with E-state index in [4.69, 9.17) is 5.11 Å². The Labute approximate surface area is 115 Å². The number of carbonyl (C=O) groups excluding carboxylic acids is 1. The van der Waals surface area contributed by atoms with Crippen LogP contribution >= 0.6 is 15.9 Å². The Bertz CT molecular complexity index is 512. The normalized spacial score (nSPS) is 17.1. The third kappa shape index (κ3) is 3.09. The number of halogens is 4. The molecule has 0 aliphatic heterocycles. The Morgan fingerprint density at radius 1 is 1.42 bits per heavy atom. The van der Waals surface area contributed by atoms with Gasteiger partial charge in [0, 0.05) is 4.47 Å². The van der Waals surface area contributed by atoms with Crippen molar-refractivity contribution in [2.75, 3.05) is 6.61 Å². The van der Waals surface area contributed by atoms with Crippen LogP contribution in [0.5, 0.6) is 0 Å². The van der Waals surface area contributed by atoms with E-state index in [2.05, 4.69) is 21.2 Å². The number of alkyl halides is 3. The Morgan fingerprint density at radius 2 is 2.05 bits per heavy atom. The number of benzene rings is 1. The number of amides is 1. The monoisotopic (exact) mass is 337 g/mol. The SMILES string of the molecule is O=C(NC1(CO)CC1)c1cc(C(F)(F)F)ccc1Br. The molecule has 19 heavy (non-hydrogen) atoms. The minimum Gasteiger partial charge on any atom is -0.394 e. The summed E-state index contributed by atoms with van der Waals surface area (Å²) in [5, 5.41) is 11.7. The molecule has 104 valence electrons. The van der Waals surface area contributed by atoms with Crippen molar-refractivity contribution >= 4 is 21.8 Å². The lowest BCUT2D eigenvalue weighted by Crippen LogP contribution is -2.39. The lowest BCUT2D eigenvalue weighted by molar-refractivity contribution is -0.137. The van der Waals surface area contributed by atoms with Crippen LogP contribution in [0, 0.1) is 0 Å². The molecule has 1 saturated carbocycles. The molecule has 0 heterocycles. The van der Waals surface area contributed by atoms with Crippen molar-refractivity contribution < 1.29 is 23.1 Å². The molecule has 1 fully saturated rings. The molecule has 0 atom stereocenters. The zero-order valence-corrected chi connectivity index (χ0v) is 11.3. The van der Waals surface area contributed by atoms with Gasteiger partial charge in [0.2, 0.25) is 0 Å². The van der Waals surface area contributed by atoms with Crippen molar-refractivity contribution in [1.82, 2.24) is 5.32 Å². The summed E-state index contributed by atoms with van der Waals surface area (Å²) < 4.78 is 38.1. The Morgan fingerprint density at radius 3 is 2.53 bits per heavy atom. The number of nitrogens with one attached hydrogen (secondary N) is 1. The van der Waals surface area contributed by atoms with Crippen LogP contribution in [0.3, 0.4) is 0 Å². The van der Waals surface area contributed by atoms with E-state index in [0.717, 1.165) is 12.1 Å². The van der Waals surface area contributed by atoms with Gasteiger partial charge in [-0.3, -0.25) is 4.79 Å². The van der Waals surface area contributed by atoms with Gasteiger partial charge in [0.1, 0.15) is 0 Å². The summed E-state index contributed by atoms with van der Waals surface area (Å²) in [5.41, 5.74) is -1.63. The average Bonchev–Trinajstić information content (AvgIpc) is 3.08. The van der Waals surface area contributed by atoms with E-state index in [1.165, 1.54) is 6.07 Å². The number of aliphatic hydroxyl groups is 1. The number of hydrogen-bond acceptors (Lipinski definition) is 2. The van der Waals surface area contributed by atoms with Crippen LogP contribution in [-0.2, 0) is 6.18 Å². The van der Waals surface area contributed by atoms with E-state index in [1.54, 1.807) is 0 Å². The van der Waals surface area contributed by atoms with Crippen molar-refractivity contribution in [3.8, 4) is 0 Å². The molecule has 1 aromatic carbocycles. The molecule has 0 unspecified atom stereocenters. The van der Waals surface area contributed by atoms with Crippen LogP contribution in [0.15, 0.2) is 22.7 Å². The van der Waals surface area contributed by atoms with Gasteiger partial charge in [-0.05, 0) is 47.0 Å². The quantitative estimate of drug-likeness (QED) is 0.890. The smallest absolute Gasteiger partial charge is 0.394 e. The average molecular weight is 338 g/mol. The topological polar surface area (TPSA) is 49.3 Å². The summed E-state index contributed by atoms with van der Waals surface area (Å²) in [4.78, 5) is 11.9. The van der Waals surface area contributed by atoms with Crippen LogP contribution in [0.2, 0.25) is 0 Å². The molecule has 0 radical (unpaired) electrons. The van der Waals surface area contributed by atoms with Crippen molar-refractivity contribution in [2.24, 2.45) is 0 Å². The predicted molar refractivity (Wildman–Crippen MR) is 65.7 cm³/mol. The van der Waals surface area contributed by atoms with Crippen molar-refractivity contribution in [2.45, 2.75) is 24.6 Å². The fourth-order valence-corrected chi connectivity index (χ4v) is 2.08. The largest absolute Gasteiger partial charge is 0.416 e. The maximum Gasteiger partial charge on any atom is 0.416 e. The predicted octanol–water partition coefficient (Wildman–Crippen LogP) is 2.72. The molecule has 0 aromatic heterocycles. The number of rotatable bonds is 3. The summed E-state index contributed by atoms with van der Waals surface area (Å²) in [6.45, 7) is -0.213. The lowest BCUT2D eigenvalue weighted by Gasteiger charge is -2.16. The van der Waals surface area contributed by atoms with Gasteiger partial charge in [-0.15, -0.1) is 0 Å². The Balaban J connectivity index is 2.26. The van der Waals surface area contributed by atoms with E-state index in [9.17, 15) is 18.0 Å². The highest BCUT2D eigenvalue weighted by Crippen LogP contribution is 2.36. The second-order valence-electron chi connectivity index (χ2n) is 4.58. The molecule has 0 saturated heterocycles. The minimum atomic E-state index is -4.50. The molecule has 1 aromatic rings. The van der Waals surface area contributed by atoms with Crippen molar-refractivity contribution in [1.29, 1.82) is 0 Å². The second kappa shape index (κ2) is 4.79. The molecule has 2 rings (SSSR count). The summed E-state index contributed by atoms with van der Waals surface area (Å²) in [6, 6.07) is 2.89. The first-order valence-electron chi connectivity index (χ1n) is 5.57. The molecular weight excluding hydrogens is 327 g/mol. The first-order valence-corrected chi connectivity index (χ1v) is 6.37. The van der Waals surface area contributed by atoms with E-state index in [1.807, 2.05) is 0 Å². The summed E-state index contributed by atoms with van der Waals surface area (Å²) in [7, 11) is 0. The number of aliphatic hydroxyl groups excluding tert-OH is 1. The van der Waals surface area contributed by atoms with Crippen LogP contribution in [-0.4, -0.2) is 23.2 Å². The maximum absolute atomic E-state index is 12.6. The minimum absolute atomic E-state index is 0.0884. The molecule has 3 nitrogen and oxygen atoms in total. The van der Waals surface area contributed by atoms with Gasteiger partial charge < -0.3 is 10.4 Å². The molecule has 2 N–H and O–H groups in total. The van der Waals surface area contributed by atoms with Crippen molar-refractivity contribution in [3.63, 3.8) is 0 Å². The fraction of sp³-hybridized carbons (Fsp3) is 0.417. The van der Waals surface area contributed by atoms with Crippen molar-refractivity contribution in [3.05, 3.63) is 33.8 Å².